The van der Waals surface area contributed by atoms with Crippen LogP contribution in [0.1, 0.15) is 60.1 Å². The van der Waals surface area contributed by atoms with E-state index in [0.717, 1.165) is 51.4 Å². The lowest BCUT2D eigenvalue weighted by molar-refractivity contribution is -0.113. The molecule has 4 heterocycles. The van der Waals surface area contributed by atoms with E-state index in [4.69, 9.17) is 9.47 Å². The second-order valence-corrected chi connectivity index (χ2v) is 12.5. The van der Waals surface area contributed by atoms with Crippen molar-refractivity contribution in [3.8, 4) is 5.75 Å². The van der Waals surface area contributed by atoms with E-state index in [0.29, 0.717) is 25.1 Å². The van der Waals surface area contributed by atoms with E-state index in [1.165, 1.54) is 10.4 Å². The number of carbonyl (C=O) groups excluding carboxylic acids is 1. The first kappa shape index (κ1) is 28.9. The molecule has 0 radical (unpaired) electrons. The SMILES string of the molecule is CNCCC(Oc1cccc(CN2CCN([C@@]3(C(=O)c4ccccn4)CCOC(C)(C)C3)CC2)c1)c1cccs1. The fourth-order valence-electron chi connectivity index (χ4n) is 6.17. The van der Waals surface area contributed by atoms with Crippen LogP contribution in [-0.2, 0) is 11.3 Å². The molecule has 0 spiro atoms. The van der Waals surface area contributed by atoms with Gasteiger partial charge in [-0.3, -0.25) is 19.6 Å². The Hall–Kier alpha value is -2.62. The Bertz CT molecular complexity index is 1230. The normalized spacial score (nSPS) is 22.6. The topological polar surface area (TPSA) is 66.9 Å². The molecule has 0 saturated carbocycles. The fourth-order valence-corrected chi connectivity index (χ4v) is 6.95. The van der Waals surface area contributed by atoms with Crippen LogP contribution in [0.25, 0.3) is 0 Å². The van der Waals surface area contributed by atoms with Gasteiger partial charge < -0.3 is 14.8 Å². The molecule has 2 saturated heterocycles. The molecule has 0 aliphatic carbocycles. The highest BCUT2D eigenvalue weighted by Crippen LogP contribution is 2.39. The van der Waals surface area contributed by atoms with Crippen molar-refractivity contribution in [3.63, 3.8) is 0 Å². The Morgan fingerprint density at radius 3 is 2.67 bits per heavy atom. The number of hydrogen-bond donors (Lipinski definition) is 1. The molecule has 3 aromatic rings. The van der Waals surface area contributed by atoms with Gasteiger partial charge in [-0.1, -0.05) is 24.3 Å². The summed E-state index contributed by atoms with van der Waals surface area (Å²) in [6.07, 6.45) is 4.05. The molecular formula is C32H42N4O3S. The highest BCUT2D eigenvalue weighted by Gasteiger charge is 2.51. The summed E-state index contributed by atoms with van der Waals surface area (Å²) in [5.74, 6) is 1.04. The second kappa shape index (κ2) is 12.9. The number of piperazine rings is 1. The summed E-state index contributed by atoms with van der Waals surface area (Å²) in [7, 11) is 1.98. The van der Waals surface area contributed by atoms with Crippen molar-refractivity contribution in [2.45, 2.75) is 56.9 Å². The van der Waals surface area contributed by atoms with Crippen LogP contribution in [-0.4, -0.2) is 78.1 Å². The largest absolute Gasteiger partial charge is 0.485 e. The van der Waals surface area contributed by atoms with Gasteiger partial charge in [0.1, 0.15) is 17.5 Å². The molecule has 1 unspecified atom stereocenters. The monoisotopic (exact) mass is 562 g/mol. The Kier molecular flexibility index (Phi) is 9.33. The maximum Gasteiger partial charge on any atom is 0.201 e. The van der Waals surface area contributed by atoms with Crippen molar-refractivity contribution >= 4 is 17.1 Å². The number of ketones is 1. The van der Waals surface area contributed by atoms with E-state index in [2.05, 4.69) is 75.7 Å². The van der Waals surface area contributed by atoms with Gasteiger partial charge in [-0.2, -0.15) is 0 Å². The highest BCUT2D eigenvalue weighted by atomic mass is 32.1. The minimum atomic E-state index is -0.583. The Labute approximate surface area is 242 Å². The highest BCUT2D eigenvalue weighted by molar-refractivity contribution is 7.10. The summed E-state index contributed by atoms with van der Waals surface area (Å²) in [6, 6.07) is 18.4. The zero-order chi connectivity index (χ0) is 28.0. The molecule has 2 atom stereocenters. The third-order valence-corrected chi connectivity index (χ3v) is 9.09. The first-order chi connectivity index (χ1) is 19.4. The molecule has 8 heteroatoms. The van der Waals surface area contributed by atoms with Crippen LogP contribution in [0.4, 0.5) is 0 Å². The fraction of sp³-hybridized carbons (Fsp3) is 0.500. The van der Waals surface area contributed by atoms with Gasteiger partial charge >= 0.3 is 0 Å². The quantitative estimate of drug-likeness (QED) is 0.322. The van der Waals surface area contributed by atoms with Crippen LogP contribution in [0.3, 0.4) is 0 Å². The third kappa shape index (κ3) is 6.81. The molecule has 0 amide bonds. The molecular weight excluding hydrogens is 520 g/mol. The van der Waals surface area contributed by atoms with Crippen LogP contribution < -0.4 is 10.1 Å². The first-order valence-electron chi connectivity index (χ1n) is 14.4. The number of benzene rings is 1. The number of Topliss-reactive ketones (excluding diaryl/α,β-unsaturated/α-hetero) is 1. The van der Waals surface area contributed by atoms with Crippen LogP contribution >= 0.6 is 11.3 Å². The lowest BCUT2D eigenvalue weighted by Crippen LogP contribution is -2.65. The van der Waals surface area contributed by atoms with Gasteiger partial charge in [0.2, 0.25) is 5.78 Å². The minimum Gasteiger partial charge on any atom is -0.485 e. The molecule has 2 aliphatic heterocycles. The second-order valence-electron chi connectivity index (χ2n) is 11.5. The van der Waals surface area contributed by atoms with Crippen molar-refractivity contribution in [1.82, 2.24) is 20.1 Å². The summed E-state index contributed by atoms with van der Waals surface area (Å²) in [6.45, 7) is 10.0. The van der Waals surface area contributed by atoms with Gasteiger partial charge in [-0.25, -0.2) is 0 Å². The lowest BCUT2D eigenvalue weighted by atomic mass is 9.75. The average Bonchev–Trinajstić information content (AvgIpc) is 3.50. The van der Waals surface area contributed by atoms with Crippen LogP contribution in [0.5, 0.6) is 5.75 Å². The number of thiophene rings is 1. The number of hydrogen-bond acceptors (Lipinski definition) is 8. The van der Waals surface area contributed by atoms with E-state index >= 15 is 0 Å². The first-order valence-corrected chi connectivity index (χ1v) is 15.3. The molecule has 2 aromatic heterocycles. The van der Waals surface area contributed by atoms with E-state index in [1.807, 2.05) is 25.2 Å². The number of nitrogens with one attached hydrogen (secondary N) is 1. The van der Waals surface area contributed by atoms with Crippen molar-refractivity contribution in [2.75, 3.05) is 46.4 Å². The van der Waals surface area contributed by atoms with Gasteiger partial charge in [0.15, 0.2) is 0 Å². The zero-order valence-electron chi connectivity index (χ0n) is 24.0. The standard InChI is InChI=1S/C32H42N4O3S/c1-31(2)24-32(13-20-38-31,30(37)27-10-4-5-14-34-27)36-18-16-35(17-19-36)23-25-8-6-9-26(22-25)39-28(12-15-33-3)29-11-7-21-40-29/h4-11,14,21-22,28,33H,12-13,15-20,23-24H2,1-3H3/t28?,32-/m0/s1. The Morgan fingerprint density at radius 2 is 1.98 bits per heavy atom. The number of carbonyl (C=O) groups is 1. The summed E-state index contributed by atoms with van der Waals surface area (Å²) in [5, 5.41) is 5.35. The molecule has 214 valence electrons. The van der Waals surface area contributed by atoms with E-state index in [-0.39, 0.29) is 17.5 Å². The van der Waals surface area contributed by atoms with Gasteiger partial charge in [0.25, 0.3) is 0 Å². The summed E-state index contributed by atoms with van der Waals surface area (Å²) in [4.78, 5) is 24.5. The molecule has 40 heavy (non-hydrogen) atoms. The van der Waals surface area contributed by atoms with Gasteiger partial charge in [-0.05, 0) is 75.1 Å². The van der Waals surface area contributed by atoms with Crippen molar-refractivity contribution < 1.29 is 14.3 Å². The third-order valence-electron chi connectivity index (χ3n) is 8.12. The number of aromatic nitrogens is 1. The van der Waals surface area contributed by atoms with Crippen LogP contribution in [0, 0.1) is 0 Å². The molecule has 5 rings (SSSR count). The van der Waals surface area contributed by atoms with Crippen LogP contribution in [0.2, 0.25) is 0 Å². The molecule has 2 fully saturated rings. The van der Waals surface area contributed by atoms with Crippen molar-refractivity contribution in [1.29, 1.82) is 0 Å². The average molecular weight is 563 g/mol. The summed E-state index contributed by atoms with van der Waals surface area (Å²) < 4.78 is 12.5. The van der Waals surface area contributed by atoms with E-state index in [9.17, 15) is 4.79 Å². The van der Waals surface area contributed by atoms with Crippen LogP contribution in [0.15, 0.2) is 66.2 Å². The predicted octanol–water partition coefficient (Wildman–Crippen LogP) is 5.20. The summed E-state index contributed by atoms with van der Waals surface area (Å²) in [5.41, 5.74) is 0.861. The van der Waals surface area contributed by atoms with Gasteiger partial charge in [-0.15, -0.1) is 11.3 Å². The van der Waals surface area contributed by atoms with E-state index < -0.39 is 5.54 Å². The zero-order valence-corrected chi connectivity index (χ0v) is 24.8. The maximum absolute atomic E-state index is 14.0. The number of pyridine rings is 1. The number of ether oxygens (including phenoxy) is 2. The van der Waals surface area contributed by atoms with Gasteiger partial charge in [0, 0.05) is 63.2 Å². The van der Waals surface area contributed by atoms with Crippen molar-refractivity contribution in [2.24, 2.45) is 0 Å². The predicted molar refractivity (Wildman–Crippen MR) is 160 cm³/mol. The Balaban J connectivity index is 1.24. The molecule has 1 N–H and O–H groups in total. The molecule has 7 nitrogen and oxygen atoms in total. The summed E-state index contributed by atoms with van der Waals surface area (Å²) >= 11 is 1.74. The van der Waals surface area contributed by atoms with E-state index in [1.54, 1.807) is 17.5 Å². The number of nitrogens with zero attached hydrogens (tertiary/aromatic N) is 3. The maximum atomic E-state index is 14.0. The van der Waals surface area contributed by atoms with Gasteiger partial charge in [0.05, 0.1) is 11.1 Å². The number of rotatable bonds is 11. The molecule has 2 aliphatic rings. The van der Waals surface area contributed by atoms with Crippen molar-refractivity contribution in [3.05, 3.63) is 82.3 Å². The minimum absolute atomic E-state index is 0.0443. The molecule has 0 bridgehead atoms. The smallest absolute Gasteiger partial charge is 0.201 e. The molecule has 1 aromatic carbocycles. The lowest BCUT2D eigenvalue weighted by Gasteiger charge is -2.52. The Morgan fingerprint density at radius 1 is 1.12 bits per heavy atom.